The topological polar surface area (TPSA) is 35.9 Å². The quantitative estimate of drug-likeness (QED) is 0.702. The van der Waals surface area contributed by atoms with Crippen molar-refractivity contribution in [3.05, 3.63) is 69.6 Å². The van der Waals surface area contributed by atoms with Gasteiger partial charge in [0.2, 0.25) is 0 Å². The highest BCUT2D eigenvalue weighted by Crippen LogP contribution is 2.31. The van der Waals surface area contributed by atoms with Crippen molar-refractivity contribution in [2.24, 2.45) is 4.99 Å². The molecule has 0 unspecified atom stereocenters. The zero-order chi connectivity index (χ0) is 18.8. The molecule has 0 N–H and O–H groups in total. The summed E-state index contributed by atoms with van der Waals surface area (Å²) >= 11 is 7.38. The van der Waals surface area contributed by atoms with Gasteiger partial charge in [0, 0.05) is 36.9 Å². The van der Waals surface area contributed by atoms with Crippen molar-refractivity contribution < 1.29 is 4.79 Å². The predicted octanol–water partition coefficient (Wildman–Crippen LogP) is 4.44. The number of anilines is 1. The number of piperazine rings is 1. The van der Waals surface area contributed by atoms with Crippen LogP contribution in [0.25, 0.3) is 6.08 Å². The molecule has 0 aliphatic carbocycles. The van der Waals surface area contributed by atoms with Crippen LogP contribution in [0.3, 0.4) is 0 Å². The lowest BCUT2D eigenvalue weighted by Crippen LogP contribution is -2.47. The first-order chi connectivity index (χ1) is 13.1. The summed E-state index contributed by atoms with van der Waals surface area (Å²) in [4.78, 5) is 21.8. The molecule has 2 aliphatic heterocycles. The van der Waals surface area contributed by atoms with E-state index in [1.165, 1.54) is 23.0 Å². The minimum absolute atomic E-state index is 0.161. The van der Waals surface area contributed by atoms with Crippen LogP contribution in [0.1, 0.15) is 11.1 Å². The van der Waals surface area contributed by atoms with Gasteiger partial charge in [-0.3, -0.25) is 4.79 Å². The van der Waals surface area contributed by atoms with E-state index in [-0.39, 0.29) is 5.91 Å². The first kappa shape index (κ1) is 18.1. The number of aliphatic imine (C=N–C) groups is 1. The average molecular weight is 398 g/mol. The Bertz CT molecular complexity index is 915. The van der Waals surface area contributed by atoms with Crippen LogP contribution in [0, 0.1) is 6.92 Å². The van der Waals surface area contributed by atoms with Gasteiger partial charge in [0.1, 0.15) is 0 Å². The number of amidine groups is 1. The highest BCUT2D eigenvalue weighted by Gasteiger charge is 2.28. The molecule has 0 radical (unpaired) electrons. The van der Waals surface area contributed by atoms with Crippen molar-refractivity contribution in [1.29, 1.82) is 0 Å². The third-order valence-corrected chi connectivity index (χ3v) is 5.99. The zero-order valence-electron chi connectivity index (χ0n) is 15.1. The van der Waals surface area contributed by atoms with E-state index >= 15 is 0 Å². The smallest absolute Gasteiger partial charge is 0.286 e. The van der Waals surface area contributed by atoms with E-state index in [0.717, 1.165) is 36.9 Å². The Labute approximate surface area is 168 Å². The van der Waals surface area contributed by atoms with Gasteiger partial charge in [-0.25, -0.2) is 0 Å². The molecule has 1 amide bonds. The first-order valence-corrected chi connectivity index (χ1v) is 10.1. The SMILES string of the molecule is Cc1cccc(N2CCN(C3=NC(=O)C(=Cc4ccc(Cl)cc4)S3)CC2)c1. The van der Waals surface area contributed by atoms with Gasteiger partial charge in [-0.2, -0.15) is 4.99 Å². The maximum atomic E-state index is 12.3. The van der Waals surface area contributed by atoms with E-state index in [4.69, 9.17) is 11.6 Å². The van der Waals surface area contributed by atoms with Gasteiger partial charge in [-0.05, 0) is 60.2 Å². The molecule has 1 fully saturated rings. The summed E-state index contributed by atoms with van der Waals surface area (Å²) in [5.74, 6) is -0.161. The van der Waals surface area contributed by atoms with Crippen LogP contribution < -0.4 is 4.90 Å². The Balaban J connectivity index is 1.40. The largest absolute Gasteiger partial charge is 0.368 e. The number of hydrogen-bond acceptors (Lipinski definition) is 4. The third-order valence-electron chi connectivity index (χ3n) is 4.69. The van der Waals surface area contributed by atoms with E-state index in [1.807, 2.05) is 30.3 Å². The van der Waals surface area contributed by atoms with Gasteiger partial charge in [0.05, 0.1) is 4.91 Å². The molecule has 2 aliphatic rings. The maximum absolute atomic E-state index is 12.3. The monoisotopic (exact) mass is 397 g/mol. The van der Waals surface area contributed by atoms with Crippen LogP contribution in [-0.4, -0.2) is 42.2 Å². The van der Waals surface area contributed by atoms with Crippen molar-refractivity contribution in [3.63, 3.8) is 0 Å². The number of amides is 1. The van der Waals surface area contributed by atoms with Crippen molar-refractivity contribution in [2.75, 3.05) is 31.1 Å². The molecule has 6 heteroatoms. The molecular weight excluding hydrogens is 378 g/mol. The number of rotatable bonds is 2. The molecule has 2 aromatic rings. The molecule has 2 aromatic carbocycles. The number of nitrogens with zero attached hydrogens (tertiary/aromatic N) is 3. The molecule has 0 saturated carbocycles. The van der Waals surface area contributed by atoms with Crippen molar-refractivity contribution >= 4 is 46.2 Å². The minimum Gasteiger partial charge on any atom is -0.368 e. The fourth-order valence-electron chi connectivity index (χ4n) is 3.22. The van der Waals surface area contributed by atoms with E-state index in [9.17, 15) is 4.79 Å². The average Bonchev–Trinajstić information content (AvgIpc) is 3.04. The van der Waals surface area contributed by atoms with Gasteiger partial charge in [0.15, 0.2) is 5.17 Å². The molecule has 0 bridgehead atoms. The Morgan fingerprint density at radius 1 is 1.04 bits per heavy atom. The summed E-state index contributed by atoms with van der Waals surface area (Å²) in [5, 5.41) is 1.50. The van der Waals surface area contributed by atoms with Crippen LogP contribution in [-0.2, 0) is 4.79 Å². The lowest BCUT2D eigenvalue weighted by Gasteiger charge is -2.36. The first-order valence-electron chi connectivity index (χ1n) is 8.93. The van der Waals surface area contributed by atoms with Crippen molar-refractivity contribution in [3.8, 4) is 0 Å². The van der Waals surface area contributed by atoms with Gasteiger partial charge in [-0.1, -0.05) is 35.9 Å². The minimum atomic E-state index is -0.161. The number of aryl methyl sites for hydroxylation is 1. The van der Waals surface area contributed by atoms with Crippen LogP contribution in [0.2, 0.25) is 5.02 Å². The summed E-state index contributed by atoms with van der Waals surface area (Å²) in [6, 6.07) is 16.0. The van der Waals surface area contributed by atoms with Crippen LogP contribution in [0.5, 0.6) is 0 Å². The molecular formula is C21H20ClN3OS. The molecule has 4 nitrogen and oxygen atoms in total. The number of carbonyl (C=O) groups is 1. The fraction of sp³-hybridized carbons (Fsp3) is 0.238. The second-order valence-electron chi connectivity index (χ2n) is 6.67. The second kappa shape index (κ2) is 7.79. The number of thioether (sulfide) groups is 1. The number of carbonyl (C=O) groups excluding carboxylic acids is 1. The van der Waals surface area contributed by atoms with Crippen LogP contribution in [0.4, 0.5) is 5.69 Å². The van der Waals surface area contributed by atoms with Crippen molar-refractivity contribution in [1.82, 2.24) is 4.90 Å². The third kappa shape index (κ3) is 4.20. The summed E-state index contributed by atoms with van der Waals surface area (Å²) < 4.78 is 0. The van der Waals surface area contributed by atoms with Crippen molar-refractivity contribution in [2.45, 2.75) is 6.92 Å². The predicted molar refractivity (Wildman–Crippen MR) is 114 cm³/mol. The highest BCUT2D eigenvalue weighted by molar-refractivity contribution is 8.18. The van der Waals surface area contributed by atoms with Crippen LogP contribution >= 0.6 is 23.4 Å². The fourth-order valence-corrected chi connectivity index (χ4v) is 4.32. The Morgan fingerprint density at radius 3 is 2.44 bits per heavy atom. The molecule has 4 rings (SSSR count). The van der Waals surface area contributed by atoms with E-state index < -0.39 is 0 Å². The normalized spacial score (nSPS) is 19.0. The van der Waals surface area contributed by atoms with E-state index in [1.54, 1.807) is 0 Å². The second-order valence-corrected chi connectivity index (χ2v) is 8.12. The standard InChI is InChI=1S/C21H20ClN3OS/c1-15-3-2-4-18(13-15)24-9-11-25(12-10-24)21-23-20(26)19(27-21)14-16-5-7-17(22)8-6-16/h2-8,13-14H,9-12H2,1H3. The molecule has 138 valence electrons. The van der Waals surface area contributed by atoms with Crippen LogP contribution in [0.15, 0.2) is 58.4 Å². The Morgan fingerprint density at radius 2 is 1.74 bits per heavy atom. The zero-order valence-corrected chi connectivity index (χ0v) is 16.6. The summed E-state index contributed by atoms with van der Waals surface area (Å²) in [5.41, 5.74) is 3.49. The Kier molecular flexibility index (Phi) is 5.23. The molecule has 0 aromatic heterocycles. The molecule has 0 spiro atoms. The van der Waals surface area contributed by atoms with Gasteiger partial charge >= 0.3 is 0 Å². The molecule has 27 heavy (non-hydrogen) atoms. The number of hydrogen-bond donors (Lipinski definition) is 0. The van der Waals surface area contributed by atoms with E-state index in [2.05, 4.69) is 46.0 Å². The summed E-state index contributed by atoms with van der Waals surface area (Å²) in [6.07, 6.45) is 1.88. The molecule has 0 atom stereocenters. The summed E-state index contributed by atoms with van der Waals surface area (Å²) in [6.45, 7) is 5.69. The number of benzene rings is 2. The van der Waals surface area contributed by atoms with Gasteiger partial charge in [-0.15, -0.1) is 0 Å². The maximum Gasteiger partial charge on any atom is 0.286 e. The lowest BCUT2D eigenvalue weighted by atomic mass is 10.2. The molecule has 2 heterocycles. The highest BCUT2D eigenvalue weighted by atomic mass is 35.5. The van der Waals surface area contributed by atoms with Gasteiger partial charge < -0.3 is 9.80 Å². The van der Waals surface area contributed by atoms with Gasteiger partial charge in [0.25, 0.3) is 5.91 Å². The Hall–Kier alpha value is -2.24. The molecule has 1 saturated heterocycles. The number of halogens is 1. The van der Waals surface area contributed by atoms with E-state index in [0.29, 0.717) is 9.93 Å². The summed E-state index contributed by atoms with van der Waals surface area (Å²) in [7, 11) is 0. The lowest BCUT2D eigenvalue weighted by molar-refractivity contribution is -0.113.